The van der Waals surface area contributed by atoms with E-state index < -0.39 is 6.10 Å². The summed E-state index contributed by atoms with van der Waals surface area (Å²) in [6.07, 6.45) is -0.523. The fourth-order valence-electron chi connectivity index (χ4n) is 1.60. The predicted octanol–water partition coefficient (Wildman–Crippen LogP) is 1.36. The Morgan fingerprint density at radius 2 is 2.11 bits per heavy atom. The molecule has 0 amide bonds. The van der Waals surface area contributed by atoms with Gasteiger partial charge in [-0.05, 0) is 31.5 Å². The van der Waals surface area contributed by atoms with E-state index in [-0.39, 0.29) is 12.6 Å². The predicted molar refractivity (Wildman–Crippen MR) is 72.0 cm³/mol. The molecule has 4 nitrogen and oxygen atoms in total. The Bertz CT molecular complexity index is 344. The standard InChI is InChI=1S/C14H23NO3/c1-11-5-4-6-14(7-11)18-10-13(16)8-15-12(2)9-17-3/h4-7,12-13,15-16H,8-10H2,1-3H3. The molecule has 0 aliphatic carbocycles. The second-order valence-electron chi connectivity index (χ2n) is 4.55. The van der Waals surface area contributed by atoms with E-state index in [0.29, 0.717) is 13.2 Å². The minimum atomic E-state index is -0.523. The van der Waals surface area contributed by atoms with Crippen LogP contribution in [0.3, 0.4) is 0 Å². The molecule has 18 heavy (non-hydrogen) atoms. The molecule has 0 spiro atoms. The Kier molecular flexibility index (Phi) is 6.72. The number of benzene rings is 1. The van der Waals surface area contributed by atoms with Crippen molar-refractivity contribution in [3.05, 3.63) is 29.8 Å². The summed E-state index contributed by atoms with van der Waals surface area (Å²) in [6, 6.07) is 8.02. The van der Waals surface area contributed by atoms with Gasteiger partial charge in [0, 0.05) is 19.7 Å². The van der Waals surface area contributed by atoms with Gasteiger partial charge in [0.05, 0.1) is 6.61 Å². The number of aliphatic hydroxyl groups is 1. The molecule has 0 saturated heterocycles. The van der Waals surface area contributed by atoms with E-state index in [1.165, 1.54) is 0 Å². The number of nitrogens with one attached hydrogen (secondary N) is 1. The lowest BCUT2D eigenvalue weighted by Gasteiger charge is -2.17. The summed E-state index contributed by atoms with van der Waals surface area (Å²) in [5, 5.41) is 12.9. The minimum Gasteiger partial charge on any atom is -0.491 e. The summed E-state index contributed by atoms with van der Waals surface area (Å²) in [6.45, 7) is 5.44. The van der Waals surface area contributed by atoms with Gasteiger partial charge in [0.1, 0.15) is 18.5 Å². The smallest absolute Gasteiger partial charge is 0.119 e. The quantitative estimate of drug-likeness (QED) is 0.734. The maximum absolute atomic E-state index is 9.77. The molecular weight excluding hydrogens is 230 g/mol. The largest absolute Gasteiger partial charge is 0.491 e. The van der Waals surface area contributed by atoms with Crippen LogP contribution in [-0.4, -0.2) is 44.1 Å². The summed E-state index contributed by atoms with van der Waals surface area (Å²) in [5.74, 6) is 0.791. The maximum atomic E-state index is 9.77. The van der Waals surface area contributed by atoms with Gasteiger partial charge in [-0.3, -0.25) is 0 Å². The molecule has 2 N–H and O–H groups in total. The Balaban J connectivity index is 2.22. The maximum Gasteiger partial charge on any atom is 0.119 e. The summed E-state index contributed by atoms with van der Waals surface area (Å²) in [7, 11) is 1.66. The van der Waals surface area contributed by atoms with Crippen LogP contribution in [0.2, 0.25) is 0 Å². The fourth-order valence-corrected chi connectivity index (χ4v) is 1.60. The molecule has 0 bridgehead atoms. The Labute approximate surface area is 109 Å². The summed E-state index contributed by atoms with van der Waals surface area (Å²) in [5.41, 5.74) is 1.15. The highest BCUT2D eigenvalue weighted by molar-refractivity contribution is 5.27. The van der Waals surface area contributed by atoms with Gasteiger partial charge >= 0.3 is 0 Å². The number of methoxy groups -OCH3 is 1. The zero-order chi connectivity index (χ0) is 13.4. The molecule has 102 valence electrons. The van der Waals surface area contributed by atoms with E-state index in [9.17, 15) is 5.11 Å². The van der Waals surface area contributed by atoms with Gasteiger partial charge in [-0.1, -0.05) is 12.1 Å². The van der Waals surface area contributed by atoms with Gasteiger partial charge < -0.3 is 19.9 Å². The van der Waals surface area contributed by atoms with E-state index >= 15 is 0 Å². The molecule has 1 aromatic carbocycles. The number of aliphatic hydroxyl groups excluding tert-OH is 1. The van der Waals surface area contributed by atoms with Crippen molar-refractivity contribution >= 4 is 0 Å². The van der Waals surface area contributed by atoms with Gasteiger partial charge in [0.15, 0.2) is 0 Å². The van der Waals surface area contributed by atoms with Crippen molar-refractivity contribution in [1.29, 1.82) is 0 Å². The van der Waals surface area contributed by atoms with E-state index in [1.54, 1.807) is 7.11 Å². The number of ether oxygens (including phenoxy) is 2. The molecule has 0 aromatic heterocycles. The number of hydrogen-bond donors (Lipinski definition) is 2. The van der Waals surface area contributed by atoms with Gasteiger partial charge in [0.25, 0.3) is 0 Å². The van der Waals surface area contributed by atoms with Gasteiger partial charge in [0.2, 0.25) is 0 Å². The summed E-state index contributed by atoms with van der Waals surface area (Å²) in [4.78, 5) is 0. The lowest BCUT2D eigenvalue weighted by molar-refractivity contribution is 0.0973. The molecule has 4 heteroatoms. The van der Waals surface area contributed by atoms with Crippen LogP contribution in [-0.2, 0) is 4.74 Å². The molecule has 0 saturated carbocycles. The van der Waals surface area contributed by atoms with E-state index in [1.807, 2.05) is 38.1 Å². The first-order valence-corrected chi connectivity index (χ1v) is 6.21. The van der Waals surface area contributed by atoms with Gasteiger partial charge in [-0.15, -0.1) is 0 Å². The van der Waals surface area contributed by atoms with Crippen LogP contribution in [0.5, 0.6) is 5.75 Å². The van der Waals surface area contributed by atoms with Crippen LogP contribution in [0.25, 0.3) is 0 Å². The number of aryl methyl sites for hydroxylation is 1. The van der Waals surface area contributed by atoms with Crippen molar-refractivity contribution in [2.45, 2.75) is 26.0 Å². The van der Waals surface area contributed by atoms with E-state index in [4.69, 9.17) is 9.47 Å². The average molecular weight is 253 g/mol. The first-order valence-electron chi connectivity index (χ1n) is 6.21. The monoisotopic (exact) mass is 253 g/mol. The first kappa shape index (κ1) is 15.0. The molecule has 0 heterocycles. The van der Waals surface area contributed by atoms with Crippen LogP contribution in [0.1, 0.15) is 12.5 Å². The first-order chi connectivity index (χ1) is 8.61. The summed E-state index contributed by atoms with van der Waals surface area (Å²) < 4.78 is 10.5. The highest BCUT2D eigenvalue weighted by Crippen LogP contribution is 2.12. The normalized spacial score (nSPS) is 14.2. The lowest BCUT2D eigenvalue weighted by atomic mass is 10.2. The molecule has 0 radical (unpaired) electrons. The Hall–Kier alpha value is -1.10. The van der Waals surface area contributed by atoms with Crippen molar-refractivity contribution in [2.24, 2.45) is 0 Å². The molecule has 1 aromatic rings. The zero-order valence-electron chi connectivity index (χ0n) is 11.3. The van der Waals surface area contributed by atoms with Crippen molar-refractivity contribution in [2.75, 3.05) is 26.9 Å². The van der Waals surface area contributed by atoms with Crippen molar-refractivity contribution in [3.63, 3.8) is 0 Å². The van der Waals surface area contributed by atoms with E-state index in [2.05, 4.69) is 5.32 Å². The van der Waals surface area contributed by atoms with Crippen LogP contribution in [0.4, 0.5) is 0 Å². The lowest BCUT2D eigenvalue weighted by Crippen LogP contribution is -2.38. The third-order valence-corrected chi connectivity index (χ3v) is 2.55. The van der Waals surface area contributed by atoms with Crippen LogP contribution in [0, 0.1) is 6.92 Å². The molecule has 0 aliphatic rings. The van der Waals surface area contributed by atoms with Crippen molar-refractivity contribution < 1.29 is 14.6 Å². The molecule has 2 unspecified atom stereocenters. The average Bonchev–Trinajstić information content (AvgIpc) is 2.34. The fraction of sp³-hybridized carbons (Fsp3) is 0.571. The molecule has 1 rings (SSSR count). The molecule has 0 aliphatic heterocycles. The second kappa shape index (κ2) is 8.08. The highest BCUT2D eigenvalue weighted by Gasteiger charge is 2.07. The third kappa shape index (κ3) is 6.00. The molecular formula is C14H23NO3. The zero-order valence-corrected chi connectivity index (χ0v) is 11.3. The minimum absolute atomic E-state index is 0.226. The van der Waals surface area contributed by atoms with Crippen LogP contribution in [0.15, 0.2) is 24.3 Å². The Morgan fingerprint density at radius 3 is 2.78 bits per heavy atom. The van der Waals surface area contributed by atoms with Gasteiger partial charge in [-0.2, -0.15) is 0 Å². The second-order valence-corrected chi connectivity index (χ2v) is 4.55. The van der Waals surface area contributed by atoms with Gasteiger partial charge in [-0.25, -0.2) is 0 Å². The molecule has 0 fully saturated rings. The third-order valence-electron chi connectivity index (χ3n) is 2.55. The number of rotatable bonds is 8. The topological polar surface area (TPSA) is 50.7 Å². The SMILES string of the molecule is COCC(C)NCC(O)COc1cccc(C)c1. The Morgan fingerprint density at radius 1 is 1.33 bits per heavy atom. The number of hydrogen-bond acceptors (Lipinski definition) is 4. The van der Waals surface area contributed by atoms with Crippen molar-refractivity contribution in [1.82, 2.24) is 5.32 Å². The van der Waals surface area contributed by atoms with E-state index in [0.717, 1.165) is 11.3 Å². The van der Waals surface area contributed by atoms with Crippen LogP contribution >= 0.6 is 0 Å². The molecule has 2 atom stereocenters. The van der Waals surface area contributed by atoms with Crippen LogP contribution < -0.4 is 10.1 Å². The van der Waals surface area contributed by atoms with Crippen molar-refractivity contribution in [3.8, 4) is 5.75 Å². The summed E-state index contributed by atoms with van der Waals surface area (Å²) >= 11 is 0. The highest BCUT2D eigenvalue weighted by atomic mass is 16.5.